The molecule has 1 amide bonds. The molecule has 0 fully saturated rings. The summed E-state index contributed by atoms with van der Waals surface area (Å²) in [4.78, 5) is 17.3. The van der Waals surface area contributed by atoms with E-state index in [1.165, 1.54) is 0 Å². The largest absolute Gasteiger partial charge is 0.490 e. The van der Waals surface area contributed by atoms with Gasteiger partial charge in [0.25, 0.3) is 5.91 Å². The van der Waals surface area contributed by atoms with Crippen LogP contribution in [-0.2, 0) is 6.61 Å². The van der Waals surface area contributed by atoms with Crippen molar-refractivity contribution in [3.05, 3.63) is 88.7 Å². The summed E-state index contributed by atoms with van der Waals surface area (Å²) in [6.07, 6.45) is 1.72. The Kier molecular flexibility index (Phi) is 7.90. The van der Waals surface area contributed by atoms with Gasteiger partial charge in [0.1, 0.15) is 6.61 Å². The van der Waals surface area contributed by atoms with Crippen molar-refractivity contribution >= 4 is 17.5 Å². The van der Waals surface area contributed by atoms with Crippen molar-refractivity contribution in [1.29, 1.82) is 0 Å². The van der Waals surface area contributed by atoms with Gasteiger partial charge >= 0.3 is 0 Å². The van der Waals surface area contributed by atoms with E-state index in [4.69, 9.17) is 21.1 Å². The molecule has 0 aliphatic carbocycles. The van der Waals surface area contributed by atoms with Crippen LogP contribution in [0.2, 0.25) is 5.02 Å². The predicted molar refractivity (Wildman–Crippen MR) is 123 cm³/mol. The molecule has 1 heterocycles. The number of hydrogen-bond acceptors (Lipinski definition) is 4. The van der Waals surface area contributed by atoms with E-state index in [1.807, 2.05) is 49.4 Å². The molecule has 1 atom stereocenters. The summed E-state index contributed by atoms with van der Waals surface area (Å²) in [7, 11) is 0. The maximum atomic E-state index is 13.0. The number of pyridine rings is 1. The summed E-state index contributed by atoms with van der Waals surface area (Å²) in [6.45, 7) is 6.81. The normalized spacial score (nSPS) is 11.8. The highest BCUT2D eigenvalue weighted by molar-refractivity contribution is 6.30. The maximum absolute atomic E-state index is 13.0. The van der Waals surface area contributed by atoms with Crippen molar-refractivity contribution in [3.63, 3.8) is 0 Å². The number of carbonyl (C=O) groups is 1. The maximum Gasteiger partial charge on any atom is 0.251 e. The summed E-state index contributed by atoms with van der Waals surface area (Å²) < 4.78 is 11.6. The highest BCUT2D eigenvalue weighted by Crippen LogP contribution is 2.30. The number of nitrogens with one attached hydrogen (secondary N) is 1. The first-order valence-electron chi connectivity index (χ1n) is 10.3. The molecule has 31 heavy (non-hydrogen) atoms. The Morgan fingerprint density at radius 3 is 2.45 bits per heavy atom. The van der Waals surface area contributed by atoms with E-state index in [9.17, 15) is 4.79 Å². The number of ether oxygens (including phenoxy) is 2. The first-order valence-corrected chi connectivity index (χ1v) is 10.7. The molecular weight excluding hydrogens is 412 g/mol. The molecule has 0 radical (unpaired) electrons. The lowest BCUT2D eigenvalue weighted by Gasteiger charge is -2.23. The fraction of sp³-hybridized carbons (Fsp3) is 0.280. The van der Waals surface area contributed by atoms with Crippen LogP contribution in [0.4, 0.5) is 0 Å². The fourth-order valence-electron chi connectivity index (χ4n) is 3.20. The molecule has 0 unspecified atom stereocenters. The van der Waals surface area contributed by atoms with Gasteiger partial charge in [0.05, 0.1) is 18.3 Å². The van der Waals surface area contributed by atoms with E-state index in [0.29, 0.717) is 35.3 Å². The van der Waals surface area contributed by atoms with Crippen molar-refractivity contribution in [2.45, 2.75) is 33.4 Å². The quantitative estimate of drug-likeness (QED) is 0.456. The molecule has 5 nitrogen and oxygen atoms in total. The molecule has 1 N–H and O–H groups in total. The van der Waals surface area contributed by atoms with Crippen molar-refractivity contribution in [1.82, 2.24) is 10.3 Å². The third-order valence-electron chi connectivity index (χ3n) is 4.79. The van der Waals surface area contributed by atoms with Crippen LogP contribution in [0.25, 0.3) is 0 Å². The van der Waals surface area contributed by atoms with Crippen LogP contribution in [0, 0.1) is 5.92 Å². The van der Waals surface area contributed by atoms with Gasteiger partial charge in [-0.1, -0.05) is 43.6 Å². The zero-order valence-electron chi connectivity index (χ0n) is 18.0. The van der Waals surface area contributed by atoms with Crippen molar-refractivity contribution in [2.75, 3.05) is 6.61 Å². The second-order valence-corrected chi connectivity index (χ2v) is 7.89. The lowest BCUT2D eigenvalue weighted by Crippen LogP contribution is -2.31. The highest BCUT2D eigenvalue weighted by Gasteiger charge is 2.20. The number of rotatable bonds is 9. The summed E-state index contributed by atoms with van der Waals surface area (Å²) in [5.74, 6) is 1.13. The number of carbonyl (C=O) groups excluding carboxylic acids is 1. The SMILES string of the molecule is CCOc1cc(C(=O)N[C@H](c2ccc(Cl)cc2)C(C)C)ccc1OCc1ccccn1. The van der Waals surface area contributed by atoms with Gasteiger partial charge in [-0.3, -0.25) is 9.78 Å². The highest BCUT2D eigenvalue weighted by atomic mass is 35.5. The molecule has 2 aromatic carbocycles. The van der Waals surface area contributed by atoms with Gasteiger partial charge in [-0.2, -0.15) is 0 Å². The van der Waals surface area contributed by atoms with Crippen LogP contribution < -0.4 is 14.8 Å². The molecule has 0 aliphatic heterocycles. The van der Waals surface area contributed by atoms with E-state index in [1.54, 1.807) is 24.4 Å². The molecule has 1 aromatic heterocycles. The predicted octanol–water partition coefficient (Wildman–Crippen LogP) is 5.84. The third kappa shape index (κ3) is 6.22. The van der Waals surface area contributed by atoms with Crippen LogP contribution >= 0.6 is 11.6 Å². The Morgan fingerprint density at radius 1 is 1.03 bits per heavy atom. The average molecular weight is 439 g/mol. The standard InChI is InChI=1S/C25H27ClN2O3/c1-4-30-23-15-19(10-13-22(23)31-16-21-7-5-6-14-27-21)25(29)28-24(17(2)3)18-8-11-20(26)12-9-18/h5-15,17,24H,4,16H2,1-3H3,(H,28,29)/t24-/m0/s1. The van der Waals surface area contributed by atoms with Gasteiger partial charge in [0.15, 0.2) is 11.5 Å². The number of hydrogen-bond donors (Lipinski definition) is 1. The molecule has 3 aromatic rings. The topological polar surface area (TPSA) is 60.5 Å². The molecule has 3 rings (SSSR count). The van der Waals surface area contributed by atoms with Gasteiger partial charge in [0.2, 0.25) is 0 Å². The number of nitrogens with zero attached hydrogens (tertiary/aromatic N) is 1. The first kappa shape index (κ1) is 22.6. The summed E-state index contributed by atoms with van der Waals surface area (Å²) in [5.41, 5.74) is 2.33. The zero-order chi connectivity index (χ0) is 22.2. The van der Waals surface area contributed by atoms with Crippen LogP contribution in [-0.4, -0.2) is 17.5 Å². The monoisotopic (exact) mass is 438 g/mol. The molecular formula is C25H27ClN2O3. The van der Waals surface area contributed by atoms with Crippen molar-refractivity contribution < 1.29 is 14.3 Å². The molecule has 0 spiro atoms. The minimum Gasteiger partial charge on any atom is -0.490 e. The van der Waals surface area contributed by atoms with E-state index >= 15 is 0 Å². The van der Waals surface area contributed by atoms with Gasteiger partial charge in [0, 0.05) is 16.8 Å². The van der Waals surface area contributed by atoms with Gasteiger partial charge in [-0.05, 0) is 60.9 Å². The third-order valence-corrected chi connectivity index (χ3v) is 5.04. The summed E-state index contributed by atoms with van der Waals surface area (Å²) >= 11 is 6.01. The van der Waals surface area contributed by atoms with Gasteiger partial charge in [-0.15, -0.1) is 0 Å². The zero-order valence-corrected chi connectivity index (χ0v) is 18.7. The molecule has 0 saturated carbocycles. The number of halogens is 1. The second kappa shape index (κ2) is 10.8. The lowest BCUT2D eigenvalue weighted by atomic mass is 9.95. The lowest BCUT2D eigenvalue weighted by molar-refractivity contribution is 0.0925. The average Bonchev–Trinajstić information content (AvgIpc) is 2.78. The summed E-state index contributed by atoms with van der Waals surface area (Å²) in [6, 6.07) is 18.3. The number of benzene rings is 2. The summed E-state index contributed by atoms with van der Waals surface area (Å²) in [5, 5.41) is 3.79. The van der Waals surface area contributed by atoms with E-state index in [2.05, 4.69) is 24.1 Å². The molecule has 0 saturated heterocycles. The van der Waals surface area contributed by atoms with Crippen LogP contribution in [0.5, 0.6) is 11.5 Å². The molecule has 162 valence electrons. The van der Waals surface area contributed by atoms with Crippen molar-refractivity contribution in [2.24, 2.45) is 5.92 Å². The van der Waals surface area contributed by atoms with Crippen LogP contribution in [0.3, 0.4) is 0 Å². The Morgan fingerprint density at radius 2 is 1.81 bits per heavy atom. The van der Waals surface area contributed by atoms with E-state index in [0.717, 1.165) is 11.3 Å². The Bertz CT molecular complexity index is 991. The Hall–Kier alpha value is -3.05. The van der Waals surface area contributed by atoms with Gasteiger partial charge < -0.3 is 14.8 Å². The minimum absolute atomic E-state index is 0.139. The second-order valence-electron chi connectivity index (χ2n) is 7.45. The number of aromatic nitrogens is 1. The number of amides is 1. The minimum atomic E-state index is -0.175. The smallest absolute Gasteiger partial charge is 0.251 e. The Balaban J connectivity index is 1.76. The molecule has 0 aliphatic rings. The molecule has 6 heteroatoms. The van der Waals surface area contributed by atoms with E-state index in [-0.39, 0.29) is 17.9 Å². The van der Waals surface area contributed by atoms with Crippen LogP contribution in [0.15, 0.2) is 66.9 Å². The van der Waals surface area contributed by atoms with Crippen molar-refractivity contribution in [3.8, 4) is 11.5 Å². The van der Waals surface area contributed by atoms with Crippen LogP contribution in [0.1, 0.15) is 48.4 Å². The first-order chi connectivity index (χ1) is 15.0. The Labute approximate surface area is 188 Å². The fourth-order valence-corrected chi connectivity index (χ4v) is 3.33. The van der Waals surface area contributed by atoms with E-state index < -0.39 is 0 Å². The van der Waals surface area contributed by atoms with Gasteiger partial charge in [-0.25, -0.2) is 0 Å². The molecule has 0 bridgehead atoms.